The van der Waals surface area contributed by atoms with Crippen LogP contribution in [0.2, 0.25) is 0 Å². The van der Waals surface area contributed by atoms with Crippen molar-refractivity contribution in [3.05, 3.63) is 70.0 Å². The first-order chi connectivity index (χ1) is 14.7. The quantitative estimate of drug-likeness (QED) is 0.633. The molecule has 1 saturated heterocycles. The summed E-state index contributed by atoms with van der Waals surface area (Å²) in [6.07, 6.45) is 0. The Morgan fingerprint density at radius 3 is 2.43 bits per heavy atom. The third-order valence-electron chi connectivity index (χ3n) is 5.22. The summed E-state index contributed by atoms with van der Waals surface area (Å²) in [6, 6.07) is 16.8. The highest BCUT2D eigenvalue weighted by atomic mass is 32.1. The standard InChI is InChI=1S/C23H22N4O2S/c1-29-20-8-6-18(7-9-20)21-16-30-22(25-21)15-26-10-12-27(13-11-26)23(28)19-4-2-17(14-24)3-5-19/h2-9,16H,10-13,15H2,1H3. The molecule has 0 radical (unpaired) electrons. The number of aromatic nitrogens is 1. The summed E-state index contributed by atoms with van der Waals surface area (Å²) < 4.78 is 5.21. The van der Waals surface area contributed by atoms with Crippen LogP contribution in [-0.4, -0.2) is 54.0 Å². The van der Waals surface area contributed by atoms with Crippen molar-refractivity contribution >= 4 is 17.2 Å². The van der Waals surface area contributed by atoms with Gasteiger partial charge in [0.15, 0.2) is 0 Å². The lowest BCUT2D eigenvalue weighted by atomic mass is 10.1. The molecule has 0 bridgehead atoms. The van der Waals surface area contributed by atoms with Gasteiger partial charge in [0.1, 0.15) is 10.8 Å². The molecule has 6 nitrogen and oxygen atoms in total. The van der Waals surface area contributed by atoms with Crippen molar-refractivity contribution < 1.29 is 9.53 Å². The van der Waals surface area contributed by atoms with Crippen molar-refractivity contribution in [2.24, 2.45) is 0 Å². The summed E-state index contributed by atoms with van der Waals surface area (Å²) in [7, 11) is 1.66. The summed E-state index contributed by atoms with van der Waals surface area (Å²) >= 11 is 1.66. The zero-order valence-corrected chi connectivity index (χ0v) is 17.6. The number of nitriles is 1. The number of piperazine rings is 1. The summed E-state index contributed by atoms with van der Waals surface area (Å²) in [4.78, 5) is 21.7. The smallest absolute Gasteiger partial charge is 0.253 e. The number of hydrogen-bond acceptors (Lipinski definition) is 6. The van der Waals surface area contributed by atoms with Gasteiger partial charge in [0.2, 0.25) is 0 Å². The van der Waals surface area contributed by atoms with E-state index in [9.17, 15) is 4.79 Å². The molecule has 4 rings (SSSR count). The molecule has 1 aliphatic rings. The number of ether oxygens (including phenoxy) is 1. The number of amides is 1. The van der Waals surface area contributed by atoms with Crippen molar-refractivity contribution in [1.29, 1.82) is 5.26 Å². The Labute approximate surface area is 180 Å². The summed E-state index contributed by atoms with van der Waals surface area (Å²) in [5.41, 5.74) is 3.25. The first kappa shape index (κ1) is 20.1. The van der Waals surface area contributed by atoms with Crippen LogP contribution in [0, 0.1) is 11.3 Å². The van der Waals surface area contributed by atoms with Crippen LogP contribution in [0.15, 0.2) is 53.9 Å². The molecule has 0 unspecified atom stereocenters. The fraction of sp³-hybridized carbons (Fsp3) is 0.261. The maximum atomic E-state index is 12.7. The molecule has 0 N–H and O–H groups in total. The van der Waals surface area contributed by atoms with E-state index >= 15 is 0 Å². The highest BCUT2D eigenvalue weighted by Crippen LogP contribution is 2.25. The van der Waals surface area contributed by atoms with Gasteiger partial charge in [0.25, 0.3) is 5.91 Å². The molecule has 0 aliphatic carbocycles. The van der Waals surface area contributed by atoms with E-state index in [0.29, 0.717) is 24.2 Å². The Hall–Kier alpha value is -3.21. The van der Waals surface area contributed by atoms with Gasteiger partial charge in [-0.25, -0.2) is 4.98 Å². The predicted molar refractivity (Wildman–Crippen MR) is 116 cm³/mol. The van der Waals surface area contributed by atoms with Gasteiger partial charge in [-0.1, -0.05) is 0 Å². The van der Waals surface area contributed by atoms with E-state index in [4.69, 9.17) is 15.0 Å². The predicted octanol–water partition coefficient (Wildman–Crippen LogP) is 3.65. The zero-order valence-electron chi connectivity index (χ0n) is 16.7. The first-order valence-electron chi connectivity index (χ1n) is 9.77. The number of carbonyl (C=O) groups is 1. The van der Waals surface area contributed by atoms with E-state index in [-0.39, 0.29) is 5.91 Å². The maximum Gasteiger partial charge on any atom is 0.253 e. The summed E-state index contributed by atoms with van der Waals surface area (Å²) in [5.74, 6) is 0.859. The SMILES string of the molecule is COc1ccc(-c2csc(CN3CCN(C(=O)c4ccc(C#N)cc4)CC3)n2)cc1. The second kappa shape index (κ2) is 9.08. The van der Waals surface area contributed by atoms with Crippen LogP contribution in [0.1, 0.15) is 20.9 Å². The molecule has 2 heterocycles. The minimum absolute atomic E-state index is 0.0233. The molecule has 30 heavy (non-hydrogen) atoms. The molecular formula is C23H22N4O2S. The molecule has 1 aromatic heterocycles. The molecule has 0 saturated carbocycles. The number of thiazole rings is 1. The highest BCUT2D eigenvalue weighted by molar-refractivity contribution is 7.09. The molecule has 3 aromatic rings. The van der Waals surface area contributed by atoms with E-state index in [1.807, 2.05) is 29.2 Å². The van der Waals surface area contributed by atoms with Crippen LogP contribution in [0.5, 0.6) is 5.75 Å². The fourth-order valence-electron chi connectivity index (χ4n) is 3.45. The maximum absolute atomic E-state index is 12.7. The minimum Gasteiger partial charge on any atom is -0.497 e. The first-order valence-corrected chi connectivity index (χ1v) is 10.6. The molecule has 152 valence electrons. The lowest BCUT2D eigenvalue weighted by Gasteiger charge is -2.34. The second-order valence-corrected chi connectivity index (χ2v) is 8.06. The van der Waals surface area contributed by atoms with Crippen molar-refractivity contribution in [2.45, 2.75) is 6.54 Å². The van der Waals surface area contributed by atoms with E-state index in [2.05, 4.69) is 16.3 Å². The van der Waals surface area contributed by atoms with Crippen LogP contribution in [0.3, 0.4) is 0 Å². The topological polar surface area (TPSA) is 69.5 Å². The van der Waals surface area contributed by atoms with E-state index in [1.165, 1.54) is 0 Å². The Kier molecular flexibility index (Phi) is 6.07. The lowest BCUT2D eigenvalue weighted by Crippen LogP contribution is -2.48. The number of rotatable bonds is 5. The van der Waals surface area contributed by atoms with Crippen molar-refractivity contribution in [1.82, 2.24) is 14.8 Å². The van der Waals surface area contributed by atoms with Crippen LogP contribution in [-0.2, 0) is 6.54 Å². The molecule has 1 aliphatic heterocycles. The van der Waals surface area contributed by atoms with Crippen LogP contribution in [0.25, 0.3) is 11.3 Å². The lowest BCUT2D eigenvalue weighted by molar-refractivity contribution is 0.0628. The van der Waals surface area contributed by atoms with Crippen molar-refractivity contribution in [3.63, 3.8) is 0 Å². The minimum atomic E-state index is 0.0233. The number of nitrogens with zero attached hydrogens (tertiary/aromatic N) is 4. The van der Waals surface area contributed by atoms with Crippen LogP contribution >= 0.6 is 11.3 Å². The van der Waals surface area contributed by atoms with Gasteiger partial charge in [0, 0.05) is 42.7 Å². The van der Waals surface area contributed by atoms with Gasteiger partial charge < -0.3 is 9.64 Å². The number of carbonyl (C=O) groups excluding carboxylic acids is 1. The summed E-state index contributed by atoms with van der Waals surface area (Å²) in [6.45, 7) is 3.81. The monoisotopic (exact) mass is 418 g/mol. The molecule has 2 aromatic carbocycles. The highest BCUT2D eigenvalue weighted by Gasteiger charge is 2.22. The fourth-order valence-corrected chi connectivity index (χ4v) is 4.29. The van der Waals surface area contributed by atoms with Crippen molar-refractivity contribution in [2.75, 3.05) is 33.3 Å². The molecule has 1 fully saturated rings. The van der Waals surface area contributed by atoms with Crippen LogP contribution < -0.4 is 4.74 Å². The third-order valence-corrected chi connectivity index (χ3v) is 6.05. The van der Waals surface area contributed by atoms with Gasteiger partial charge in [-0.2, -0.15) is 5.26 Å². The van der Waals surface area contributed by atoms with Crippen molar-refractivity contribution in [3.8, 4) is 23.1 Å². The second-order valence-electron chi connectivity index (χ2n) is 7.11. The number of benzene rings is 2. The van der Waals surface area contributed by atoms with Gasteiger partial charge >= 0.3 is 0 Å². The summed E-state index contributed by atoms with van der Waals surface area (Å²) in [5, 5.41) is 12.1. The van der Waals surface area contributed by atoms with E-state index in [1.54, 1.807) is 42.7 Å². The average molecular weight is 419 g/mol. The molecular weight excluding hydrogens is 396 g/mol. The van der Waals surface area contributed by atoms with Gasteiger partial charge in [-0.05, 0) is 48.5 Å². The Morgan fingerprint density at radius 1 is 1.10 bits per heavy atom. The number of methoxy groups -OCH3 is 1. The normalized spacial score (nSPS) is 14.3. The van der Waals surface area contributed by atoms with E-state index in [0.717, 1.165) is 41.6 Å². The molecule has 1 amide bonds. The zero-order chi connectivity index (χ0) is 20.9. The van der Waals surface area contributed by atoms with Gasteiger partial charge in [-0.3, -0.25) is 9.69 Å². The molecule has 0 atom stereocenters. The average Bonchev–Trinajstić information content (AvgIpc) is 3.27. The molecule has 7 heteroatoms. The van der Waals surface area contributed by atoms with Crippen LogP contribution in [0.4, 0.5) is 0 Å². The Morgan fingerprint density at radius 2 is 1.80 bits per heavy atom. The third kappa shape index (κ3) is 4.51. The van der Waals surface area contributed by atoms with Gasteiger partial charge in [-0.15, -0.1) is 11.3 Å². The molecule has 0 spiro atoms. The number of hydrogen-bond donors (Lipinski definition) is 0. The largest absolute Gasteiger partial charge is 0.497 e. The Bertz CT molecular complexity index is 1050. The Balaban J connectivity index is 1.32. The van der Waals surface area contributed by atoms with E-state index < -0.39 is 0 Å². The van der Waals surface area contributed by atoms with Gasteiger partial charge in [0.05, 0.1) is 31.0 Å².